The third-order valence-electron chi connectivity index (χ3n) is 15.0. The van der Waals surface area contributed by atoms with Crippen LogP contribution in [0.2, 0.25) is 0 Å². The number of aliphatic hydroxyl groups excluding tert-OH is 4. The van der Waals surface area contributed by atoms with E-state index in [1.54, 1.807) is 0 Å². The quantitative estimate of drug-likeness (QED) is 0.0267. The highest BCUT2D eigenvalue weighted by Gasteiger charge is 2.44. The molecule has 0 aliphatic carbocycles. The molecule has 1 saturated heterocycles. The van der Waals surface area contributed by atoms with Crippen molar-refractivity contribution in [2.24, 2.45) is 0 Å². The van der Waals surface area contributed by atoms with Crippen molar-refractivity contribution < 1.29 is 44.2 Å². The third-order valence-corrected chi connectivity index (χ3v) is 15.0. The number of hydrogen-bond acceptors (Lipinski definition) is 9. The number of esters is 1. The molecule has 0 aromatic carbocycles. The lowest BCUT2D eigenvalue weighted by molar-refractivity contribution is -0.305. The van der Waals surface area contributed by atoms with Crippen LogP contribution in [0.3, 0.4) is 0 Å². The molecule has 4 N–H and O–H groups in total. The first-order valence-electron chi connectivity index (χ1n) is 32.1. The van der Waals surface area contributed by atoms with Crippen LogP contribution in [0.4, 0.5) is 0 Å². The zero-order valence-electron chi connectivity index (χ0n) is 48.6. The summed E-state index contributed by atoms with van der Waals surface area (Å²) in [7, 11) is 0. The summed E-state index contributed by atoms with van der Waals surface area (Å²) < 4.78 is 23.0. The number of carbonyl (C=O) groups excluding carboxylic acids is 1. The van der Waals surface area contributed by atoms with Gasteiger partial charge in [-0.1, -0.05) is 269 Å². The Labute approximate surface area is 457 Å². The van der Waals surface area contributed by atoms with Gasteiger partial charge in [-0.05, 0) is 70.6 Å². The first kappa shape index (κ1) is 70.4. The van der Waals surface area contributed by atoms with Crippen LogP contribution >= 0.6 is 0 Å². The van der Waals surface area contributed by atoms with Crippen molar-refractivity contribution >= 4 is 5.97 Å². The third kappa shape index (κ3) is 45.4. The lowest BCUT2D eigenvalue weighted by Crippen LogP contribution is -2.59. The minimum absolute atomic E-state index is 0.110. The lowest BCUT2D eigenvalue weighted by atomic mass is 9.99. The van der Waals surface area contributed by atoms with Gasteiger partial charge in [0, 0.05) is 13.0 Å². The van der Waals surface area contributed by atoms with E-state index in [2.05, 4.69) is 50.3 Å². The summed E-state index contributed by atoms with van der Waals surface area (Å²) in [4.78, 5) is 12.9. The molecule has 1 fully saturated rings. The SMILES string of the molecule is CCCCCCC/C=C\C/C=C\CCCCCCCCCCCCCCCCOCC(COC1OC(CO)C(O)C(O)C1O)OC(=O)CCCCCCCCCCCCCCC/C=C\CCCCCCCCCC. The average Bonchev–Trinajstić information content (AvgIpc) is 3.40. The summed E-state index contributed by atoms with van der Waals surface area (Å²) in [6.07, 6.45) is 65.0. The van der Waals surface area contributed by atoms with Gasteiger partial charge < -0.3 is 39.4 Å². The van der Waals surface area contributed by atoms with Crippen molar-refractivity contribution in [3.8, 4) is 0 Å². The number of rotatable bonds is 57. The van der Waals surface area contributed by atoms with Gasteiger partial charge in [-0.3, -0.25) is 4.79 Å². The summed E-state index contributed by atoms with van der Waals surface area (Å²) in [6, 6.07) is 0. The number of ether oxygens (including phenoxy) is 4. The molecule has 6 atom stereocenters. The summed E-state index contributed by atoms with van der Waals surface area (Å²) in [5.41, 5.74) is 0. The lowest BCUT2D eigenvalue weighted by Gasteiger charge is -2.39. The molecule has 0 aromatic heterocycles. The van der Waals surface area contributed by atoms with E-state index in [1.165, 1.54) is 250 Å². The number of aliphatic hydroxyl groups is 4. The Morgan fingerprint density at radius 1 is 0.432 bits per heavy atom. The second-order valence-electron chi connectivity index (χ2n) is 22.2. The van der Waals surface area contributed by atoms with Crippen molar-refractivity contribution in [1.82, 2.24) is 0 Å². The molecule has 6 unspecified atom stereocenters. The van der Waals surface area contributed by atoms with Gasteiger partial charge >= 0.3 is 5.97 Å². The van der Waals surface area contributed by atoms with Crippen molar-refractivity contribution in [2.75, 3.05) is 26.4 Å². The average molecular weight is 1050 g/mol. The van der Waals surface area contributed by atoms with Crippen LogP contribution in [0.1, 0.15) is 309 Å². The van der Waals surface area contributed by atoms with Crippen LogP contribution in [-0.2, 0) is 23.7 Å². The van der Waals surface area contributed by atoms with Crippen LogP contribution in [0.25, 0.3) is 0 Å². The Balaban J connectivity index is 2.10. The summed E-state index contributed by atoms with van der Waals surface area (Å²) in [5.74, 6) is -0.307. The van der Waals surface area contributed by atoms with Crippen molar-refractivity contribution in [3.63, 3.8) is 0 Å². The van der Waals surface area contributed by atoms with Gasteiger partial charge in [-0.15, -0.1) is 0 Å². The van der Waals surface area contributed by atoms with Crippen LogP contribution in [0, 0.1) is 0 Å². The second-order valence-corrected chi connectivity index (χ2v) is 22.2. The maximum absolute atomic E-state index is 12.9. The van der Waals surface area contributed by atoms with Gasteiger partial charge in [-0.2, -0.15) is 0 Å². The van der Waals surface area contributed by atoms with Gasteiger partial charge in [0.05, 0.1) is 19.8 Å². The van der Waals surface area contributed by atoms with E-state index in [9.17, 15) is 25.2 Å². The molecule has 1 aliphatic rings. The molecule has 0 aromatic rings. The van der Waals surface area contributed by atoms with E-state index >= 15 is 0 Å². The fourth-order valence-electron chi connectivity index (χ4n) is 10.1. The van der Waals surface area contributed by atoms with Crippen molar-refractivity contribution in [3.05, 3.63) is 36.5 Å². The maximum Gasteiger partial charge on any atom is 0.306 e. The maximum atomic E-state index is 12.9. The Kier molecular flexibility index (Phi) is 53.4. The van der Waals surface area contributed by atoms with Crippen LogP contribution in [-0.4, -0.2) is 89.6 Å². The van der Waals surface area contributed by atoms with Gasteiger partial charge in [0.15, 0.2) is 6.29 Å². The van der Waals surface area contributed by atoms with E-state index in [-0.39, 0.29) is 19.2 Å². The summed E-state index contributed by atoms with van der Waals surface area (Å²) >= 11 is 0. The molecule has 0 saturated carbocycles. The van der Waals surface area contributed by atoms with Gasteiger partial charge in [0.25, 0.3) is 0 Å². The molecular formula is C65H122O9. The smallest absolute Gasteiger partial charge is 0.306 e. The summed E-state index contributed by atoms with van der Waals surface area (Å²) in [6.45, 7) is 4.61. The van der Waals surface area contributed by atoms with Gasteiger partial charge in [0.2, 0.25) is 0 Å². The van der Waals surface area contributed by atoms with E-state index in [0.717, 1.165) is 38.5 Å². The van der Waals surface area contributed by atoms with Crippen LogP contribution in [0.5, 0.6) is 0 Å². The van der Waals surface area contributed by atoms with E-state index in [0.29, 0.717) is 13.0 Å². The fraction of sp³-hybridized carbons (Fsp3) is 0.892. The number of carbonyl (C=O) groups is 1. The molecule has 9 nitrogen and oxygen atoms in total. The molecular weight excluding hydrogens is 925 g/mol. The standard InChI is InChI=1S/C65H122O9/c1-3-5-7-9-11-13-15-17-19-21-23-25-27-29-31-33-35-37-39-41-43-45-47-49-51-53-55-71-57-59(58-72-65-64(70)63(69)62(68)60(56-66)74-65)73-61(67)54-52-50-48-46-44-42-40-38-36-34-32-30-28-26-24-22-20-18-16-14-12-10-8-6-4-2/h15,17,21-24,59-60,62-66,68-70H,3-14,16,18-20,25-58H2,1-2H3/b17-15-,23-21-,24-22-. The zero-order chi connectivity index (χ0) is 53.5. The zero-order valence-corrected chi connectivity index (χ0v) is 48.6. The highest BCUT2D eigenvalue weighted by Crippen LogP contribution is 2.23. The summed E-state index contributed by atoms with van der Waals surface area (Å²) in [5, 5.41) is 40.4. The highest BCUT2D eigenvalue weighted by molar-refractivity contribution is 5.69. The molecule has 74 heavy (non-hydrogen) atoms. The van der Waals surface area contributed by atoms with E-state index in [1.807, 2.05) is 0 Å². The Morgan fingerprint density at radius 3 is 1.18 bits per heavy atom. The largest absolute Gasteiger partial charge is 0.457 e. The first-order chi connectivity index (χ1) is 36.4. The molecule has 0 bridgehead atoms. The molecule has 1 aliphatic heterocycles. The van der Waals surface area contributed by atoms with Crippen LogP contribution in [0.15, 0.2) is 36.5 Å². The minimum atomic E-state index is -1.54. The highest BCUT2D eigenvalue weighted by atomic mass is 16.7. The van der Waals surface area contributed by atoms with Gasteiger partial charge in [0.1, 0.15) is 30.5 Å². The normalized spacial score (nSPS) is 18.7. The Hall–Kier alpha value is -1.59. The predicted octanol–water partition coefficient (Wildman–Crippen LogP) is 17.4. The molecule has 1 heterocycles. The molecule has 9 heteroatoms. The second kappa shape index (κ2) is 56.1. The minimum Gasteiger partial charge on any atom is -0.457 e. The first-order valence-corrected chi connectivity index (χ1v) is 32.1. The van der Waals surface area contributed by atoms with E-state index in [4.69, 9.17) is 18.9 Å². The topological polar surface area (TPSA) is 135 Å². The fourth-order valence-corrected chi connectivity index (χ4v) is 10.1. The number of allylic oxidation sites excluding steroid dienone is 6. The predicted molar refractivity (Wildman–Crippen MR) is 312 cm³/mol. The number of hydrogen-bond donors (Lipinski definition) is 4. The molecule has 0 spiro atoms. The van der Waals surface area contributed by atoms with E-state index < -0.39 is 43.4 Å². The molecule has 1 rings (SSSR count). The molecule has 436 valence electrons. The molecule has 0 amide bonds. The van der Waals surface area contributed by atoms with Crippen molar-refractivity contribution in [2.45, 2.75) is 346 Å². The molecule has 0 radical (unpaired) electrons. The monoisotopic (exact) mass is 1050 g/mol. The number of unbranched alkanes of at least 4 members (excludes halogenated alkanes) is 40. The van der Waals surface area contributed by atoms with Crippen molar-refractivity contribution in [1.29, 1.82) is 0 Å². The van der Waals surface area contributed by atoms with Gasteiger partial charge in [-0.25, -0.2) is 0 Å². The van der Waals surface area contributed by atoms with Crippen LogP contribution < -0.4 is 0 Å². The Bertz CT molecular complexity index is 1240. The Morgan fingerprint density at radius 2 is 0.784 bits per heavy atom.